The molecule has 0 atom stereocenters. The van der Waals surface area contributed by atoms with Gasteiger partial charge in [0, 0.05) is 37.1 Å². The van der Waals surface area contributed by atoms with E-state index in [0.717, 1.165) is 18.0 Å². The number of hydrogen-bond acceptors (Lipinski definition) is 5. The van der Waals surface area contributed by atoms with Gasteiger partial charge in [0.2, 0.25) is 0 Å². The van der Waals surface area contributed by atoms with Gasteiger partial charge in [0.25, 0.3) is 0 Å². The summed E-state index contributed by atoms with van der Waals surface area (Å²) in [5.41, 5.74) is 1.32. The molecule has 188 valence electrons. The highest BCUT2D eigenvalue weighted by atomic mass is 16.5. The summed E-state index contributed by atoms with van der Waals surface area (Å²) in [7, 11) is 0. The molecular formula is C32H31NO4. The van der Waals surface area contributed by atoms with Crippen LogP contribution in [0.25, 0.3) is 0 Å². The zero-order chi connectivity index (χ0) is 25.9. The van der Waals surface area contributed by atoms with E-state index >= 15 is 0 Å². The smallest absolute Gasteiger partial charge is 0.164 e. The molecule has 37 heavy (non-hydrogen) atoms. The summed E-state index contributed by atoms with van der Waals surface area (Å²) in [6, 6.07) is 33.5. The first kappa shape index (κ1) is 25.9. The quantitative estimate of drug-likeness (QED) is 0.181. The van der Waals surface area contributed by atoms with Gasteiger partial charge in [0.15, 0.2) is 11.6 Å². The van der Waals surface area contributed by atoms with Crippen molar-refractivity contribution >= 4 is 11.6 Å². The van der Waals surface area contributed by atoms with E-state index in [0.29, 0.717) is 48.6 Å². The Morgan fingerprint density at radius 2 is 0.892 bits per heavy atom. The molecule has 0 radical (unpaired) electrons. The maximum Gasteiger partial charge on any atom is 0.164 e. The molecule has 4 rings (SSSR count). The molecule has 0 fully saturated rings. The number of hydrogen-bond donors (Lipinski definition) is 0. The summed E-state index contributed by atoms with van der Waals surface area (Å²) in [5, 5.41) is 0. The average molecular weight is 494 g/mol. The van der Waals surface area contributed by atoms with E-state index in [1.807, 2.05) is 91.9 Å². The highest BCUT2D eigenvalue weighted by molar-refractivity contribution is 5.97. The number of carbonyl (C=O) groups is 2. The van der Waals surface area contributed by atoms with E-state index in [9.17, 15) is 9.59 Å². The minimum atomic E-state index is 0.0741. The average Bonchev–Trinajstić information content (AvgIpc) is 2.95. The summed E-state index contributed by atoms with van der Waals surface area (Å²) in [5.74, 6) is 3.04. The monoisotopic (exact) mass is 493 g/mol. The molecule has 5 heteroatoms. The van der Waals surface area contributed by atoms with Crippen LogP contribution in [-0.2, 0) is 0 Å². The van der Waals surface area contributed by atoms with Crippen molar-refractivity contribution in [3.63, 3.8) is 0 Å². The normalized spacial score (nSPS) is 10.8. The van der Waals surface area contributed by atoms with Crippen LogP contribution in [0.2, 0.25) is 0 Å². The van der Waals surface area contributed by atoms with Gasteiger partial charge in [-0.05, 0) is 79.3 Å². The van der Waals surface area contributed by atoms with Crippen LogP contribution < -0.4 is 9.47 Å². The Morgan fingerprint density at radius 3 is 1.24 bits per heavy atom. The molecule has 4 aromatic rings. The lowest BCUT2D eigenvalue weighted by molar-refractivity contribution is 0.0949. The van der Waals surface area contributed by atoms with Crippen molar-refractivity contribution in [1.82, 2.24) is 4.90 Å². The molecule has 0 saturated carbocycles. The zero-order valence-corrected chi connectivity index (χ0v) is 21.0. The molecule has 4 aromatic carbocycles. The Labute approximate surface area is 218 Å². The molecule has 0 unspecified atom stereocenters. The molecule has 0 amide bonds. The fraction of sp³-hybridized carbons (Fsp3) is 0.188. The van der Waals surface area contributed by atoms with Gasteiger partial charge >= 0.3 is 0 Å². The fourth-order valence-corrected chi connectivity index (χ4v) is 3.90. The molecular weight excluding hydrogens is 462 g/mol. The highest BCUT2D eigenvalue weighted by Gasteiger charge is 2.13. The van der Waals surface area contributed by atoms with Gasteiger partial charge in [-0.15, -0.1) is 0 Å². The van der Waals surface area contributed by atoms with E-state index in [4.69, 9.17) is 9.47 Å². The summed E-state index contributed by atoms with van der Waals surface area (Å²) >= 11 is 0. The maximum absolute atomic E-state index is 12.7. The molecule has 0 aliphatic rings. The van der Waals surface area contributed by atoms with Gasteiger partial charge in [-0.1, -0.05) is 43.3 Å². The third-order valence-electron chi connectivity index (χ3n) is 6.07. The van der Waals surface area contributed by atoms with E-state index in [-0.39, 0.29) is 11.6 Å². The van der Waals surface area contributed by atoms with E-state index in [2.05, 4.69) is 4.90 Å². The SMILES string of the molecule is CCN(CCC(=O)c1ccc(Oc2ccccc2)cc1)CCC(=O)c1ccc(Oc2ccccc2)cc1. The predicted molar refractivity (Wildman–Crippen MR) is 146 cm³/mol. The lowest BCUT2D eigenvalue weighted by atomic mass is 10.1. The molecule has 0 saturated heterocycles. The Morgan fingerprint density at radius 1 is 0.541 bits per heavy atom. The first-order valence-corrected chi connectivity index (χ1v) is 12.6. The standard InChI is InChI=1S/C32H31NO4/c1-2-33(23-21-31(34)25-13-17-29(18-14-25)36-27-9-5-3-6-10-27)24-22-32(35)26-15-19-30(20-16-26)37-28-11-7-4-8-12-28/h3-20H,2,21-24H2,1H3. The molecule has 0 bridgehead atoms. The van der Waals surface area contributed by atoms with Crippen LogP contribution in [-0.4, -0.2) is 36.1 Å². The van der Waals surface area contributed by atoms with Gasteiger partial charge in [0.05, 0.1) is 0 Å². The van der Waals surface area contributed by atoms with Crippen molar-refractivity contribution in [1.29, 1.82) is 0 Å². The van der Waals surface area contributed by atoms with Crippen LogP contribution in [0.15, 0.2) is 109 Å². The molecule has 0 heterocycles. The number of benzene rings is 4. The topological polar surface area (TPSA) is 55.8 Å². The second-order valence-electron chi connectivity index (χ2n) is 8.66. The Bertz CT molecular complexity index is 1170. The molecule has 5 nitrogen and oxygen atoms in total. The van der Waals surface area contributed by atoms with Crippen LogP contribution in [0.1, 0.15) is 40.5 Å². The van der Waals surface area contributed by atoms with Crippen molar-refractivity contribution in [2.75, 3.05) is 19.6 Å². The van der Waals surface area contributed by atoms with Crippen molar-refractivity contribution in [3.8, 4) is 23.0 Å². The van der Waals surface area contributed by atoms with Gasteiger partial charge in [-0.25, -0.2) is 0 Å². The lowest BCUT2D eigenvalue weighted by Crippen LogP contribution is -2.28. The third kappa shape index (κ3) is 7.89. The second kappa shape index (κ2) is 13.2. The summed E-state index contributed by atoms with van der Waals surface area (Å²) in [6.07, 6.45) is 0.791. The lowest BCUT2D eigenvalue weighted by Gasteiger charge is -2.19. The van der Waals surface area contributed by atoms with E-state index in [1.54, 1.807) is 24.3 Å². The summed E-state index contributed by atoms with van der Waals surface area (Å²) < 4.78 is 11.6. The number of carbonyl (C=O) groups excluding carboxylic acids is 2. The maximum atomic E-state index is 12.7. The number of rotatable bonds is 13. The van der Waals surface area contributed by atoms with E-state index in [1.165, 1.54) is 0 Å². The molecule has 0 aromatic heterocycles. The minimum Gasteiger partial charge on any atom is -0.457 e. The van der Waals surface area contributed by atoms with Crippen LogP contribution in [0.3, 0.4) is 0 Å². The predicted octanol–water partition coefficient (Wildman–Crippen LogP) is 7.44. The number of nitrogens with zero attached hydrogens (tertiary/aromatic N) is 1. The molecule has 0 spiro atoms. The van der Waals surface area contributed by atoms with Crippen LogP contribution >= 0.6 is 0 Å². The van der Waals surface area contributed by atoms with Crippen LogP contribution in [0, 0.1) is 0 Å². The van der Waals surface area contributed by atoms with Crippen molar-refractivity contribution in [2.24, 2.45) is 0 Å². The van der Waals surface area contributed by atoms with Crippen molar-refractivity contribution < 1.29 is 19.1 Å². The van der Waals surface area contributed by atoms with Crippen LogP contribution in [0.5, 0.6) is 23.0 Å². The Hall–Kier alpha value is -4.22. The number of para-hydroxylation sites is 2. The highest BCUT2D eigenvalue weighted by Crippen LogP contribution is 2.23. The second-order valence-corrected chi connectivity index (χ2v) is 8.66. The molecule has 0 N–H and O–H groups in total. The van der Waals surface area contributed by atoms with Gasteiger partial charge in [0.1, 0.15) is 23.0 Å². The number of ketones is 2. The van der Waals surface area contributed by atoms with E-state index < -0.39 is 0 Å². The summed E-state index contributed by atoms with van der Waals surface area (Å²) in [6.45, 7) is 4.03. The largest absolute Gasteiger partial charge is 0.457 e. The first-order chi connectivity index (χ1) is 18.1. The third-order valence-corrected chi connectivity index (χ3v) is 6.07. The minimum absolute atomic E-state index is 0.0741. The van der Waals surface area contributed by atoms with Gasteiger partial charge in [-0.2, -0.15) is 0 Å². The zero-order valence-electron chi connectivity index (χ0n) is 21.0. The number of ether oxygens (including phenoxy) is 2. The Kier molecular flexibility index (Phi) is 9.22. The molecule has 0 aliphatic heterocycles. The van der Waals surface area contributed by atoms with Crippen molar-refractivity contribution in [2.45, 2.75) is 19.8 Å². The van der Waals surface area contributed by atoms with Gasteiger partial charge < -0.3 is 14.4 Å². The van der Waals surface area contributed by atoms with Crippen molar-refractivity contribution in [3.05, 3.63) is 120 Å². The Balaban J connectivity index is 1.22. The fourth-order valence-electron chi connectivity index (χ4n) is 3.90. The summed E-state index contributed by atoms with van der Waals surface area (Å²) in [4.78, 5) is 27.6. The van der Waals surface area contributed by atoms with Crippen LogP contribution in [0.4, 0.5) is 0 Å². The number of Topliss-reactive ketones (excluding diaryl/α,β-unsaturated/α-hetero) is 2. The first-order valence-electron chi connectivity index (χ1n) is 12.6. The molecule has 0 aliphatic carbocycles. The van der Waals surface area contributed by atoms with Gasteiger partial charge in [-0.3, -0.25) is 9.59 Å².